The Kier molecular flexibility index (Phi) is 17.7. The van der Waals surface area contributed by atoms with Gasteiger partial charge in [-0.2, -0.15) is 0 Å². The van der Waals surface area contributed by atoms with Gasteiger partial charge >= 0.3 is 0 Å². The number of unbranched alkanes of at least 4 members (excludes halogenated alkanes) is 12. The van der Waals surface area contributed by atoms with Gasteiger partial charge in [0.2, 0.25) is 0 Å². The van der Waals surface area contributed by atoms with Gasteiger partial charge in [0.25, 0.3) is 0 Å². The molecule has 0 amide bonds. The zero-order valence-electron chi connectivity index (χ0n) is 18.2. The molecule has 0 bridgehead atoms. The van der Waals surface area contributed by atoms with Gasteiger partial charge in [-0.1, -0.05) is 90.9 Å². The summed E-state index contributed by atoms with van der Waals surface area (Å²) in [7, 11) is 0. The highest BCUT2D eigenvalue weighted by Crippen LogP contribution is 2.12. The number of rotatable bonds is 19. The minimum atomic E-state index is -0.513. The minimum absolute atomic E-state index is 0.217. The topological polar surface area (TPSA) is 74.6 Å². The van der Waals surface area contributed by atoms with E-state index >= 15 is 0 Å². The van der Waals surface area contributed by atoms with Gasteiger partial charge in [0.15, 0.2) is 23.1 Å². The van der Waals surface area contributed by atoms with E-state index in [1.807, 2.05) is 0 Å². The van der Waals surface area contributed by atoms with Gasteiger partial charge < -0.3 is 10.2 Å². The lowest BCUT2D eigenvalue weighted by molar-refractivity contribution is -0.115. The van der Waals surface area contributed by atoms with E-state index in [1.165, 1.54) is 51.4 Å². The van der Waals surface area contributed by atoms with Crippen molar-refractivity contribution in [2.24, 2.45) is 0 Å². The Labute approximate surface area is 172 Å². The zero-order valence-corrected chi connectivity index (χ0v) is 18.2. The van der Waals surface area contributed by atoms with Crippen LogP contribution in [-0.2, 0) is 9.59 Å². The summed E-state index contributed by atoms with van der Waals surface area (Å²) >= 11 is 0. The Morgan fingerprint density at radius 1 is 0.536 bits per heavy atom. The van der Waals surface area contributed by atoms with Crippen LogP contribution in [0.1, 0.15) is 117 Å². The monoisotopic (exact) mass is 394 g/mol. The first-order valence-electron chi connectivity index (χ1n) is 11.4. The van der Waals surface area contributed by atoms with E-state index in [0.29, 0.717) is 12.8 Å². The first-order valence-corrected chi connectivity index (χ1v) is 11.4. The Bertz CT molecular complexity index is 433. The Balaban J connectivity index is 3.99. The molecule has 0 aliphatic rings. The van der Waals surface area contributed by atoms with Crippen molar-refractivity contribution in [1.29, 1.82) is 0 Å². The van der Waals surface area contributed by atoms with Gasteiger partial charge in [0.1, 0.15) is 0 Å². The number of aliphatic hydroxyl groups excluding tert-OH is 2. The summed E-state index contributed by atoms with van der Waals surface area (Å²) in [5, 5.41) is 19.6. The molecule has 162 valence electrons. The maximum atomic E-state index is 11.8. The molecule has 0 spiro atoms. The quantitative estimate of drug-likeness (QED) is 0.104. The van der Waals surface area contributed by atoms with Gasteiger partial charge in [0, 0.05) is 25.0 Å². The molecule has 0 aliphatic carbocycles. The van der Waals surface area contributed by atoms with Crippen LogP contribution in [0.2, 0.25) is 0 Å². The summed E-state index contributed by atoms with van der Waals surface area (Å²) in [6, 6.07) is 0. The molecule has 0 fully saturated rings. The molecule has 0 aromatic carbocycles. The number of carbonyl (C=O) groups is 2. The van der Waals surface area contributed by atoms with E-state index in [1.54, 1.807) is 0 Å². The van der Waals surface area contributed by atoms with Crippen molar-refractivity contribution in [1.82, 2.24) is 0 Å². The van der Waals surface area contributed by atoms with E-state index in [9.17, 15) is 19.8 Å². The lowest BCUT2D eigenvalue weighted by atomic mass is 10.1. The highest BCUT2D eigenvalue weighted by molar-refractivity contribution is 5.92. The third-order valence-corrected chi connectivity index (χ3v) is 4.91. The summed E-state index contributed by atoms with van der Waals surface area (Å²) in [6.07, 6.45) is 18.5. The first kappa shape index (κ1) is 26.4. The molecule has 0 radical (unpaired) electrons. The molecule has 4 heteroatoms. The Hall–Kier alpha value is -1.58. The molecule has 0 atom stereocenters. The number of carbonyl (C=O) groups excluding carboxylic acids is 2. The Morgan fingerprint density at radius 3 is 1.14 bits per heavy atom. The zero-order chi connectivity index (χ0) is 21.0. The molecule has 0 rings (SSSR count). The van der Waals surface area contributed by atoms with Gasteiger partial charge in [-0.15, -0.1) is 0 Å². The molecular formula is C24H42O4. The third-order valence-electron chi connectivity index (χ3n) is 4.91. The maximum absolute atomic E-state index is 11.8. The van der Waals surface area contributed by atoms with E-state index in [0.717, 1.165) is 50.7 Å². The third kappa shape index (κ3) is 16.6. The standard InChI is InChI=1S/C24H42O4/c1-3-5-7-9-11-13-15-17-21(25)19-23(27)24(28)20-22(26)18-16-14-12-10-8-6-4-2/h19-20,27-28H,3-18H2,1-2H3. The van der Waals surface area contributed by atoms with Gasteiger partial charge in [0.05, 0.1) is 0 Å². The predicted molar refractivity (Wildman–Crippen MR) is 117 cm³/mol. The molecular weight excluding hydrogens is 352 g/mol. The molecule has 0 heterocycles. The van der Waals surface area contributed by atoms with E-state index < -0.39 is 11.5 Å². The fourth-order valence-electron chi connectivity index (χ4n) is 3.11. The van der Waals surface area contributed by atoms with Crippen LogP contribution in [0.5, 0.6) is 0 Å². The average Bonchev–Trinajstić information content (AvgIpc) is 2.66. The average molecular weight is 395 g/mol. The smallest absolute Gasteiger partial charge is 0.161 e. The minimum Gasteiger partial charge on any atom is -0.504 e. The maximum Gasteiger partial charge on any atom is 0.161 e. The van der Waals surface area contributed by atoms with Crippen molar-refractivity contribution in [3.63, 3.8) is 0 Å². The van der Waals surface area contributed by atoms with Crippen LogP contribution < -0.4 is 0 Å². The molecule has 0 unspecified atom stereocenters. The summed E-state index contributed by atoms with van der Waals surface area (Å²) in [4.78, 5) is 23.7. The Morgan fingerprint density at radius 2 is 0.821 bits per heavy atom. The van der Waals surface area contributed by atoms with E-state index in [-0.39, 0.29) is 11.6 Å². The van der Waals surface area contributed by atoms with Crippen LogP contribution >= 0.6 is 0 Å². The number of hydrogen-bond donors (Lipinski definition) is 2. The van der Waals surface area contributed by atoms with Gasteiger partial charge in [-0.3, -0.25) is 9.59 Å². The molecule has 0 saturated heterocycles. The van der Waals surface area contributed by atoms with Crippen LogP contribution in [0, 0.1) is 0 Å². The summed E-state index contributed by atoms with van der Waals surface area (Å²) in [5.41, 5.74) is 0. The van der Waals surface area contributed by atoms with Crippen molar-refractivity contribution in [3.8, 4) is 0 Å². The number of allylic oxidation sites excluding steroid dienone is 2. The summed E-state index contributed by atoms with van der Waals surface area (Å²) in [6.45, 7) is 4.37. The lowest BCUT2D eigenvalue weighted by Gasteiger charge is -2.02. The largest absolute Gasteiger partial charge is 0.504 e. The molecule has 28 heavy (non-hydrogen) atoms. The van der Waals surface area contributed by atoms with Gasteiger partial charge in [-0.25, -0.2) is 0 Å². The van der Waals surface area contributed by atoms with Crippen LogP contribution in [-0.4, -0.2) is 21.8 Å². The van der Waals surface area contributed by atoms with Crippen LogP contribution in [0.3, 0.4) is 0 Å². The fourth-order valence-corrected chi connectivity index (χ4v) is 3.11. The van der Waals surface area contributed by atoms with Crippen molar-refractivity contribution in [2.45, 2.75) is 117 Å². The molecule has 2 N–H and O–H groups in total. The number of aliphatic hydroxyl groups is 2. The van der Waals surface area contributed by atoms with Crippen molar-refractivity contribution < 1.29 is 19.8 Å². The van der Waals surface area contributed by atoms with Crippen LogP contribution in [0.4, 0.5) is 0 Å². The highest BCUT2D eigenvalue weighted by Gasteiger charge is 2.08. The molecule has 4 nitrogen and oxygen atoms in total. The van der Waals surface area contributed by atoms with E-state index in [4.69, 9.17) is 0 Å². The SMILES string of the molecule is CCCCCCCCCC(=O)C=C(O)C(O)=CC(=O)CCCCCCCCC. The lowest BCUT2D eigenvalue weighted by Crippen LogP contribution is -2.00. The highest BCUT2D eigenvalue weighted by atomic mass is 16.3. The number of ketones is 2. The molecule has 0 aliphatic heterocycles. The van der Waals surface area contributed by atoms with Crippen LogP contribution in [0.15, 0.2) is 23.7 Å². The van der Waals surface area contributed by atoms with Crippen molar-refractivity contribution in [2.75, 3.05) is 0 Å². The van der Waals surface area contributed by atoms with Crippen molar-refractivity contribution in [3.05, 3.63) is 23.7 Å². The summed E-state index contributed by atoms with van der Waals surface area (Å²) in [5.74, 6) is -1.46. The van der Waals surface area contributed by atoms with Crippen molar-refractivity contribution >= 4 is 11.6 Å². The van der Waals surface area contributed by atoms with Gasteiger partial charge in [-0.05, 0) is 12.8 Å². The second kappa shape index (κ2) is 18.8. The number of hydrogen-bond acceptors (Lipinski definition) is 4. The van der Waals surface area contributed by atoms with Crippen LogP contribution in [0.25, 0.3) is 0 Å². The first-order chi connectivity index (χ1) is 13.5. The fraction of sp³-hybridized carbons (Fsp3) is 0.750. The molecule has 0 aromatic rings. The summed E-state index contributed by atoms with van der Waals surface area (Å²) < 4.78 is 0. The van der Waals surface area contributed by atoms with E-state index in [2.05, 4.69) is 13.8 Å². The molecule has 0 aromatic heterocycles. The second-order valence-electron chi connectivity index (χ2n) is 7.73. The normalized spacial score (nSPS) is 12.4. The molecule has 0 saturated carbocycles. The predicted octanol–water partition coefficient (Wildman–Crippen LogP) is 7.29. The second-order valence-corrected chi connectivity index (χ2v) is 7.73.